The highest BCUT2D eigenvalue weighted by atomic mass is 35.5. The molecule has 1 rings (SSSR count). The fourth-order valence-electron chi connectivity index (χ4n) is 0.743. The van der Waals surface area contributed by atoms with Crippen LogP contribution >= 0.6 is 23.4 Å². The van der Waals surface area contributed by atoms with Crippen molar-refractivity contribution in [2.75, 3.05) is 11.5 Å². The van der Waals surface area contributed by atoms with E-state index in [1.807, 2.05) is 0 Å². The van der Waals surface area contributed by atoms with Crippen LogP contribution in [0, 0.1) is 0 Å². The molecule has 0 saturated heterocycles. The number of thioether (sulfide) groups is 1. The Bertz CT molecular complexity index is 330. The van der Waals surface area contributed by atoms with Crippen molar-refractivity contribution in [2.24, 2.45) is 0 Å². The van der Waals surface area contributed by atoms with Crippen LogP contribution in [-0.4, -0.2) is 16.8 Å². The van der Waals surface area contributed by atoms with Gasteiger partial charge in [-0.15, -0.1) is 11.8 Å². The second-order valence-corrected chi connectivity index (χ2v) is 3.82. The molecule has 13 heavy (non-hydrogen) atoms. The highest BCUT2D eigenvalue weighted by Crippen LogP contribution is 2.25. The van der Waals surface area contributed by atoms with Crippen molar-refractivity contribution in [1.29, 1.82) is 0 Å². The third-order valence-corrected chi connectivity index (χ3v) is 2.64. The molecule has 0 fully saturated rings. The maximum atomic E-state index is 10.2. The fourth-order valence-corrected chi connectivity index (χ4v) is 1.64. The summed E-state index contributed by atoms with van der Waals surface area (Å²) in [6.45, 7) is 0. The number of hydrogen-bond donors (Lipinski definition) is 2. The van der Waals surface area contributed by atoms with Crippen LogP contribution < -0.4 is 5.73 Å². The topological polar surface area (TPSA) is 63.3 Å². The fraction of sp³-hybridized carbons (Fsp3) is 0.125. The number of carboxylic acids is 1. The average molecular weight is 218 g/mol. The molecule has 0 unspecified atom stereocenters. The lowest BCUT2D eigenvalue weighted by Gasteiger charge is -2.01. The summed E-state index contributed by atoms with van der Waals surface area (Å²) in [5, 5.41) is 8.87. The van der Waals surface area contributed by atoms with Crippen LogP contribution in [0.25, 0.3) is 0 Å². The zero-order chi connectivity index (χ0) is 9.84. The van der Waals surface area contributed by atoms with Gasteiger partial charge in [-0.3, -0.25) is 4.79 Å². The molecule has 0 spiro atoms. The Kier molecular flexibility index (Phi) is 3.45. The summed E-state index contributed by atoms with van der Waals surface area (Å²) in [4.78, 5) is 11.1. The first-order valence-electron chi connectivity index (χ1n) is 3.49. The van der Waals surface area contributed by atoms with Gasteiger partial charge in [0.25, 0.3) is 0 Å². The van der Waals surface area contributed by atoms with Crippen molar-refractivity contribution in [3.05, 3.63) is 23.2 Å². The standard InChI is InChI=1S/C8H8ClNO2S/c9-6-3-5(1-2-7(6)10)13-4-8(11)12/h1-3H,4,10H2,(H,11,12). The Morgan fingerprint density at radius 2 is 2.31 bits per heavy atom. The Balaban J connectivity index is 2.68. The van der Waals surface area contributed by atoms with E-state index in [1.165, 1.54) is 11.8 Å². The van der Waals surface area contributed by atoms with Crippen molar-refractivity contribution in [2.45, 2.75) is 4.90 Å². The second-order valence-electron chi connectivity index (χ2n) is 2.37. The number of anilines is 1. The van der Waals surface area contributed by atoms with Gasteiger partial charge in [0.1, 0.15) is 0 Å². The van der Waals surface area contributed by atoms with Crippen molar-refractivity contribution in [3.63, 3.8) is 0 Å². The zero-order valence-corrected chi connectivity index (χ0v) is 8.23. The maximum absolute atomic E-state index is 10.2. The third kappa shape index (κ3) is 3.16. The molecule has 5 heteroatoms. The summed E-state index contributed by atoms with van der Waals surface area (Å²) in [5.41, 5.74) is 5.99. The van der Waals surface area contributed by atoms with Gasteiger partial charge in [-0.1, -0.05) is 11.6 Å². The third-order valence-electron chi connectivity index (χ3n) is 1.33. The van der Waals surface area contributed by atoms with Gasteiger partial charge in [-0.05, 0) is 18.2 Å². The van der Waals surface area contributed by atoms with Crippen molar-refractivity contribution >= 4 is 35.0 Å². The summed E-state index contributed by atoms with van der Waals surface area (Å²) >= 11 is 6.96. The molecule has 0 heterocycles. The lowest BCUT2D eigenvalue weighted by atomic mass is 10.3. The van der Waals surface area contributed by atoms with Crippen LogP contribution in [0.2, 0.25) is 5.02 Å². The van der Waals surface area contributed by atoms with Gasteiger partial charge >= 0.3 is 5.97 Å². The number of aliphatic carboxylic acids is 1. The molecule has 0 radical (unpaired) electrons. The summed E-state index contributed by atoms with van der Waals surface area (Å²) in [5.74, 6) is -0.821. The first-order valence-corrected chi connectivity index (χ1v) is 4.85. The predicted octanol–water partition coefficient (Wildman–Crippen LogP) is 2.10. The SMILES string of the molecule is Nc1ccc(SCC(=O)O)cc1Cl. The molecule has 0 saturated carbocycles. The molecule has 0 aliphatic heterocycles. The minimum atomic E-state index is -0.849. The summed E-state index contributed by atoms with van der Waals surface area (Å²) in [6.07, 6.45) is 0. The summed E-state index contributed by atoms with van der Waals surface area (Å²) in [7, 11) is 0. The van der Waals surface area contributed by atoms with Gasteiger partial charge in [0.2, 0.25) is 0 Å². The molecule has 0 bridgehead atoms. The van der Waals surface area contributed by atoms with Crippen LogP contribution in [0.15, 0.2) is 23.1 Å². The van der Waals surface area contributed by atoms with Crippen molar-refractivity contribution < 1.29 is 9.90 Å². The molecule has 1 aromatic rings. The molecule has 0 aliphatic carbocycles. The Morgan fingerprint density at radius 3 is 2.85 bits per heavy atom. The molecule has 0 atom stereocenters. The van der Waals surface area contributed by atoms with Crippen LogP contribution in [-0.2, 0) is 4.79 Å². The number of nitrogen functional groups attached to an aromatic ring is 1. The summed E-state index contributed by atoms with van der Waals surface area (Å²) in [6, 6.07) is 5.06. The largest absolute Gasteiger partial charge is 0.481 e. The molecular weight excluding hydrogens is 210 g/mol. The first kappa shape index (κ1) is 10.2. The van der Waals surface area contributed by atoms with Gasteiger partial charge in [-0.25, -0.2) is 0 Å². The minimum Gasteiger partial charge on any atom is -0.481 e. The van der Waals surface area contributed by atoms with Crippen LogP contribution in [0.1, 0.15) is 0 Å². The first-order chi connectivity index (χ1) is 6.09. The number of nitrogens with two attached hydrogens (primary N) is 1. The monoisotopic (exact) mass is 217 g/mol. The van der Waals surface area contributed by atoms with Gasteiger partial charge in [-0.2, -0.15) is 0 Å². The molecule has 0 aromatic heterocycles. The van der Waals surface area contributed by atoms with E-state index in [4.69, 9.17) is 22.4 Å². The molecule has 0 aliphatic rings. The Hall–Kier alpha value is -0.870. The smallest absolute Gasteiger partial charge is 0.313 e. The van der Waals surface area contributed by atoms with Crippen molar-refractivity contribution in [1.82, 2.24) is 0 Å². The van der Waals surface area contributed by atoms with E-state index in [9.17, 15) is 4.79 Å². The maximum Gasteiger partial charge on any atom is 0.313 e. The van der Waals surface area contributed by atoms with E-state index >= 15 is 0 Å². The molecule has 3 nitrogen and oxygen atoms in total. The van der Waals surface area contributed by atoms with Crippen molar-refractivity contribution in [3.8, 4) is 0 Å². The van der Waals surface area contributed by atoms with E-state index < -0.39 is 5.97 Å². The second kappa shape index (κ2) is 4.39. The molecule has 70 valence electrons. The van der Waals surface area contributed by atoms with Gasteiger partial charge in [0.05, 0.1) is 16.5 Å². The normalized spacial score (nSPS) is 9.92. The van der Waals surface area contributed by atoms with Crippen LogP contribution in [0.3, 0.4) is 0 Å². The Labute approximate surface area is 84.9 Å². The minimum absolute atomic E-state index is 0.0280. The number of carbonyl (C=O) groups is 1. The molecule has 3 N–H and O–H groups in total. The van der Waals surface area contributed by atoms with Gasteiger partial charge in [0, 0.05) is 4.90 Å². The predicted molar refractivity (Wildman–Crippen MR) is 54.2 cm³/mol. The van der Waals surface area contributed by atoms with E-state index in [1.54, 1.807) is 18.2 Å². The number of benzene rings is 1. The van der Waals surface area contributed by atoms with E-state index in [0.29, 0.717) is 10.7 Å². The lowest BCUT2D eigenvalue weighted by molar-refractivity contribution is -0.133. The molecular formula is C8H8ClNO2S. The quantitative estimate of drug-likeness (QED) is 0.601. The molecule has 0 amide bonds. The zero-order valence-electron chi connectivity index (χ0n) is 6.66. The lowest BCUT2D eigenvalue weighted by Crippen LogP contribution is -1.97. The number of hydrogen-bond acceptors (Lipinski definition) is 3. The number of rotatable bonds is 3. The number of carboxylic acid groups (broad SMARTS) is 1. The van der Waals surface area contributed by atoms with Crippen LogP contribution in [0.4, 0.5) is 5.69 Å². The highest BCUT2D eigenvalue weighted by Gasteiger charge is 2.01. The molecule has 1 aromatic carbocycles. The van der Waals surface area contributed by atoms with Gasteiger partial charge < -0.3 is 10.8 Å². The average Bonchev–Trinajstić information content (AvgIpc) is 2.07. The highest BCUT2D eigenvalue weighted by molar-refractivity contribution is 8.00. The Morgan fingerprint density at radius 1 is 1.62 bits per heavy atom. The van der Waals surface area contributed by atoms with Crippen LogP contribution in [0.5, 0.6) is 0 Å². The van der Waals surface area contributed by atoms with E-state index in [-0.39, 0.29) is 5.75 Å². The van der Waals surface area contributed by atoms with E-state index in [0.717, 1.165) is 4.90 Å². The van der Waals surface area contributed by atoms with Gasteiger partial charge in [0.15, 0.2) is 0 Å². The summed E-state index contributed by atoms with van der Waals surface area (Å²) < 4.78 is 0. The van der Waals surface area contributed by atoms with E-state index in [2.05, 4.69) is 0 Å². The number of halogens is 1.